The van der Waals surface area contributed by atoms with Crippen LogP contribution in [0.2, 0.25) is 0 Å². The first-order chi connectivity index (χ1) is 9.97. The van der Waals surface area contributed by atoms with E-state index in [1.807, 2.05) is 6.92 Å². The minimum atomic E-state index is -2.95. The highest BCUT2D eigenvalue weighted by molar-refractivity contribution is 5.74. The molecule has 1 amide bonds. The maximum Gasteiger partial charge on any atom is 0.387 e. The van der Waals surface area contributed by atoms with Crippen molar-refractivity contribution in [3.8, 4) is 11.5 Å². The highest BCUT2D eigenvalue weighted by Gasteiger charge is 2.17. The second-order valence-corrected chi connectivity index (χ2v) is 4.47. The molecule has 0 saturated carbocycles. The minimum absolute atomic E-state index is 0.0699. The number of amides is 1. The second kappa shape index (κ2) is 8.41. The van der Waals surface area contributed by atoms with Crippen molar-refractivity contribution in [1.82, 2.24) is 5.32 Å². The number of nitrogens with two attached hydrogens (primary N) is 1. The van der Waals surface area contributed by atoms with E-state index in [-0.39, 0.29) is 24.0 Å². The van der Waals surface area contributed by atoms with Crippen LogP contribution in [0, 0.1) is 0 Å². The number of ether oxygens (including phenoxy) is 2. The Morgan fingerprint density at radius 1 is 1.38 bits per heavy atom. The van der Waals surface area contributed by atoms with E-state index in [0.29, 0.717) is 12.1 Å². The highest BCUT2D eigenvalue weighted by atomic mass is 19.3. The van der Waals surface area contributed by atoms with E-state index in [0.717, 1.165) is 6.42 Å². The van der Waals surface area contributed by atoms with Gasteiger partial charge in [-0.25, -0.2) is 0 Å². The van der Waals surface area contributed by atoms with Crippen molar-refractivity contribution < 1.29 is 23.0 Å². The first-order valence-corrected chi connectivity index (χ1v) is 6.62. The van der Waals surface area contributed by atoms with Gasteiger partial charge in [-0.3, -0.25) is 4.79 Å². The summed E-state index contributed by atoms with van der Waals surface area (Å²) in [6.07, 6.45) is 0.937. The predicted molar refractivity (Wildman–Crippen MR) is 74.5 cm³/mol. The molecule has 0 aliphatic rings. The van der Waals surface area contributed by atoms with Crippen LogP contribution in [0.25, 0.3) is 0 Å². The van der Waals surface area contributed by atoms with Crippen molar-refractivity contribution >= 4 is 5.91 Å². The summed E-state index contributed by atoms with van der Waals surface area (Å²) in [5.74, 6) is -0.346. The zero-order valence-electron chi connectivity index (χ0n) is 12.1. The number of methoxy groups -OCH3 is 1. The third-order valence-corrected chi connectivity index (χ3v) is 2.85. The summed E-state index contributed by atoms with van der Waals surface area (Å²) < 4.78 is 34.2. The van der Waals surface area contributed by atoms with Crippen LogP contribution in [0.1, 0.15) is 31.4 Å². The summed E-state index contributed by atoms with van der Waals surface area (Å²) in [5, 5.41) is 3.15. The normalized spacial score (nSPS) is 12.2. The third kappa shape index (κ3) is 5.55. The fourth-order valence-corrected chi connectivity index (χ4v) is 1.93. The van der Waals surface area contributed by atoms with Gasteiger partial charge in [0.1, 0.15) is 0 Å². The Morgan fingerprint density at radius 3 is 2.62 bits per heavy atom. The third-order valence-electron chi connectivity index (χ3n) is 2.85. The topological polar surface area (TPSA) is 73.6 Å². The molecule has 1 aromatic carbocycles. The molecular weight excluding hydrogens is 282 g/mol. The molecular formula is C14H20F2N2O3. The maximum absolute atomic E-state index is 12.4. The Morgan fingerprint density at radius 2 is 2.10 bits per heavy atom. The number of hydrogen-bond donors (Lipinski definition) is 2. The minimum Gasteiger partial charge on any atom is -0.493 e. The molecule has 1 atom stereocenters. The number of rotatable bonds is 9. The largest absolute Gasteiger partial charge is 0.493 e. The van der Waals surface area contributed by atoms with Gasteiger partial charge in [-0.15, -0.1) is 0 Å². The van der Waals surface area contributed by atoms with Crippen molar-refractivity contribution in [1.29, 1.82) is 0 Å². The molecule has 21 heavy (non-hydrogen) atoms. The van der Waals surface area contributed by atoms with Gasteiger partial charge in [0.05, 0.1) is 7.11 Å². The van der Waals surface area contributed by atoms with Gasteiger partial charge in [-0.2, -0.15) is 8.78 Å². The lowest BCUT2D eigenvalue weighted by atomic mass is 10.0. The van der Waals surface area contributed by atoms with Gasteiger partial charge in [0, 0.05) is 12.5 Å². The van der Waals surface area contributed by atoms with Crippen LogP contribution in [0.3, 0.4) is 0 Å². The Balaban J connectivity index is 3.03. The van der Waals surface area contributed by atoms with E-state index in [2.05, 4.69) is 10.1 Å². The van der Waals surface area contributed by atoms with Crippen molar-refractivity contribution in [3.05, 3.63) is 23.8 Å². The molecule has 3 N–H and O–H groups in total. The number of benzene rings is 1. The van der Waals surface area contributed by atoms with Gasteiger partial charge in [0.2, 0.25) is 5.91 Å². The molecule has 0 fully saturated rings. The van der Waals surface area contributed by atoms with Crippen molar-refractivity contribution in [2.75, 3.05) is 13.7 Å². The molecule has 1 rings (SSSR count). The Labute approximate surface area is 122 Å². The first kappa shape index (κ1) is 17.2. The van der Waals surface area contributed by atoms with Crippen LogP contribution in [0.15, 0.2) is 18.2 Å². The van der Waals surface area contributed by atoms with E-state index in [9.17, 15) is 13.6 Å². The lowest BCUT2D eigenvalue weighted by molar-refractivity contribution is -0.118. The van der Waals surface area contributed by atoms with Gasteiger partial charge < -0.3 is 20.5 Å². The van der Waals surface area contributed by atoms with Crippen LogP contribution >= 0.6 is 0 Å². The number of halogens is 2. The van der Waals surface area contributed by atoms with E-state index >= 15 is 0 Å². The van der Waals surface area contributed by atoms with Crippen molar-refractivity contribution in [3.63, 3.8) is 0 Å². The Bertz CT molecular complexity index is 470. The fraction of sp³-hybridized carbons (Fsp3) is 0.500. The van der Waals surface area contributed by atoms with Crippen LogP contribution in [0.5, 0.6) is 11.5 Å². The molecule has 0 heterocycles. The monoisotopic (exact) mass is 302 g/mol. The molecule has 5 nitrogen and oxygen atoms in total. The van der Waals surface area contributed by atoms with Crippen LogP contribution in [-0.2, 0) is 4.79 Å². The van der Waals surface area contributed by atoms with E-state index in [4.69, 9.17) is 10.5 Å². The van der Waals surface area contributed by atoms with E-state index in [1.165, 1.54) is 19.2 Å². The van der Waals surface area contributed by atoms with Crippen LogP contribution in [-0.4, -0.2) is 26.2 Å². The van der Waals surface area contributed by atoms with Crippen LogP contribution < -0.4 is 20.5 Å². The van der Waals surface area contributed by atoms with Crippen molar-refractivity contribution in [2.24, 2.45) is 5.73 Å². The van der Waals surface area contributed by atoms with Gasteiger partial charge in [-0.05, 0) is 30.7 Å². The molecule has 118 valence electrons. The number of hydrogen-bond acceptors (Lipinski definition) is 4. The van der Waals surface area contributed by atoms with Gasteiger partial charge >= 0.3 is 6.61 Å². The van der Waals surface area contributed by atoms with Gasteiger partial charge in [0.15, 0.2) is 11.5 Å². The molecule has 1 unspecified atom stereocenters. The summed E-state index contributed by atoms with van der Waals surface area (Å²) >= 11 is 0. The number of nitrogens with one attached hydrogen (secondary N) is 1. The summed E-state index contributed by atoms with van der Waals surface area (Å²) in [6, 6.07) is 4.29. The quantitative estimate of drug-likeness (QED) is 0.733. The summed E-state index contributed by atoms with van der Waals surface area (Å²) in [5.41, 5.74) is 5.86. The SMILES string of the molecule is CCCNC(CC(N)=O)c1ccc(OC)c(OC(F)F)c1. The molecule has 0 saturated heterocycles. The number of carbonyl (C=O) groups excluding carboxylic acids is 1. The summed E-state index contributed by atoms with van der Waals surface area (Å²) in [6.45, 7) is -0.296. The maximum atomic E-state index is 12.4. The first-order valence-electron chi connectivity index (χ1n) is 6.62. The van der Waals surface area contributed by atoms with Gasteiger partial charge in [-0.1, -0.05) is 13.0 Å². The molecule has 7 heteroatoms. The van der Waals surface area contributed by atoms with Crippen molar-refractivity contribution in [2.45, 2.75) is 32.4 Å². The Kier molecular flexibility index (Phi) is 6.87. The number of carbonyl (C=O) groups is 1. The molecule has 0 radical (unpaired) electrons. The summed E-state index contributed by atoms with van der Waals surface area (Å²) in [4.78, 5) is 11.1. The lowest BCUT2D eigenvalue weighted by Crippen LogP contribution is -2.27. The molecule has 0 aromatic heterocycles. The molecule has 0 spiro atoms. The van der Waals surface area contributed by atoms with Crippen LogP contribution in [0.4, 0.5) is 8.78 Å². The zero-order chi connectivity index (χ0) is 15.8. The lowest BCUT2D eigenvalue weighted by Gasteiger charge is -2.19. The molecule has 0 aliphatic heterocycles. The number of primary amides is 1. The highest BCUT2D eigenvalue weighted by Crippen LogP contribution is 2.32. The smallest absolute Gasteiger partial charge is 0.387 e. The summed E-state index contributed by atoms with van der Waals surface area (Å²) in [7, 11) is 1.36. The van der Waals surface area contributed by atoms with E-state index in [1.54, 1.807) is 6.07 Å². The molecule has 1 aromatic rings. The predicted octanol–water partition coefficient (Wildman–Crippen LogP) is 2.21. The van der Waals surface area contributed by atoms with Gasteiger partial charge in [0.25, 0.3) is 0 Å². The average Bonchev–Trinajstić information content (AvgIpc) is 2.42. The fourth-order valence-electron chi connectivity index (χ4n) is 1.93. The number of alkyl halides is 2. The Hall–Kier alpha value is -1.89. The second-order valence-electron chi connectivity index (χ2n) is 4.47. The standard InChI is InChI=1S/C14H20F2N2O3/c1-3-6-18-10(8-13(17)19)9-4-5-11(20-2)12(7-9)21-14(15)16/h4-5,7,10,14,18H,3,6,8H2,1-2H3,(H2,17,19). The van der Waals surface area contributed by atoms with E-state index < -0.39 is 12.5 Å². The zero-order valence-corrected chi connectivity index (χ0v) is 12.1. The average molecular weight is 302 g/mol. The molecule has 0 bridgehead atoms. The molecule has 0 aliphatic carbocycles.